The fourth-order valence-electron chi connectivity index (χ4n) is 3.51. The summed E-state index contributed by atoms with van der Waals surface area (Å²) < 4.78 is 5.45. The Hall–Kier alpha value is -2.54. The SMILES string of the molecule is C=CCN1CCC(NC(=NCC(NC(=O)OC(C)(C)C)c2ccccc2)NCC)CC1. The molecule has 1 heterocycles. The maximum Gasteiger partial charge on any atom is 0.408 e. The van der Waals surface area contributed by atoms with Crippen LogP contribution in [0.5, 0.6) is 0 Å². The molecule has 7 nitrogen and oxygen atoms in total. The fraction of sp³-hybridized carbons (Fsp3) is 0.583. The van der Waals surface area contributed by atoms with E-state index in [4.69, 9.17) is 9.73 Å². The van der Waals surface area contributed by atoms with E-state index >= 15 is 0 Å². The van der Waals surface area contributed by atoms with Gasteiger partial charge in [-0.3, -0.25) is 9.89 Å². The molecule has 0 spiro atoms. The third-order valence-corrected chi connectivity index (χ3v) is 4.98. The largest absolute Gasteiger partial charge is 0.444 e. The van der Waals surface area contributed by atoms with Crippen molar-refractivity contribution in [3.8, 4) is 0 Å². The number of alkyl carbamates (subject to hydrolysis) is 1. The van der Waals surface area contributed by atoms with Crippen LogP contribution in [0, 0.1) is 0 Å². The molecule has 1 aliphatic rings. The van der Waals surface area contributed by atoms with E-state index in [1.54, 1.807) is 0 Å². The minimum absolute atomic E-state index is 0.277. The van der Waals surface area contributed by atoms with Gasteiger partial charge in [0, 0.05) is 32.2 Å². The van der Waals surface area contributed by atoms with Crippen LogP contribution in [0.2, 0.25) is 0 Å². The van der Waals surface area contributed by atoms with Crippen LogP contribution in [0.4, 0.5) is 4.79 Å². The first-order valence-corrected chi connectivity index (χ1v) is 11.2. The second-order valence-electron chi connectivity index (χ2n) is 8.84. The Balaban J connectivity index is 2.04. The number of piperidine rings is 1. The molecule has 2 rings (SSSR count). The lowest BCUT2D eigenvalue weighted by molar-refractivity contribution is 0.0505. The summed E-state index contributed by atoms with van der Waals surface area (Å²) in [4.78, 5) is 19.6. The van der Waals surface area contributed by atoms with Crippen molar-refractivity contribution in [2.45, 2.75) is 58.2 Å². The zero-order chi connectivity index (χ0) is 22.7. The number of ether oxygens (including phenoxy) is 1. The van der Waals surface area contributed by atoms with Gasteiger partial charge in [0.05, 0.1) is 12.6 Å². The molecule has 1 unspecified atom stereocenters. The normalized spacial score (nSPS) is 17.0. The number of aliphatic imine (C=N–C) groups is 1. The van der Waals surface area contributed by atoms with Crippen molar-refractivity contribution in [2.75, 3.05) is 32.7 Å². The molecule has 0 aromatic heterocycles. The van der Waals surface area contributed by atoms with E-state index < -0.39 is 11.7 Å². The Labute approximate surface area is 187 Å². The Morgan fingerprint density at radius 1 is 1.29 bits per heavy atom. The molecular weight excluding hydrogens is 390 g/mol. The van der Waals surface area contributed by atoms with E-state index in [0.29, 0.717) is 12.6 Å². The standard InChI is InChI=1S/C24H39N5O2/c1-6-15-29-16-13-20(14-17-29)27-22(25-7-2)26-18-21(19-11-9-8-10-12-19)28-23(30)31-24(3,4)5/h6,8-12,20-21H,1,7,13-18H2,2-5H3,(H,28,30)(H2,25,26,27). The highest BCUT2D eigenvalue weighted by molar-refractivity contribution is 5.80. The summed E-state index contributed by atoms with van der Waals surface area (Å²) in [5, 5.41) is 9.86. The molecular formula is C24H39N5O2. The number of hydrogen-bond donors (Lipinski definition) is 3. The summed E-state index contributed by atoms with van der Waals surface area (Å²) in [5.74, 6) is 0.775. The highest BCUT2D eigenvalue weighted by Crippen LogP contribution is 2.15. The summed E-state index contributed by atoms with van der Waals surface area (Å²) in [5.41, 5.74) is 0.441. The van der Waals surface area contributed by atoms with E-state index in [1.807, 2.05) is 57.2 Å². The van der Waals surface area contributed by atoms with Crippen LogP contribution in [0.25, 0.3) is 0 Å². The summed E-state index contributed by atoms with van der Waals surface area (Å²) in [6.45, 7) is 15.7. The summed E-state index contributed by atoms with van der Waals surface area (Å²) in [6.07, 6.45) is 3.65. The molecule has 0 saturated carbocycles. The predicted molar refractivity (Wildman–Crippen MR) is 127 cm³/mol. The van der Waals surface area contributed by atoms with Gasteiger partial charge in [0.15, 0.2) is 5.96 Å². The van der Waals surface area contributed by atoms with Gasteiger partial charge in [-0.15, -0.1) is 6.58 Å². The molecule has 0 radical (unpaired) electrons. The zero-order valence-electron chi connectivity index (χ0n) is 19.5. The smallest absolute Gasteiger partial charge is 0.408 e. The lowest BCUT2D eigenvalue weighted by atomic mass is 10.1. The number of benzene rings is 1. The number of guanidine groups is 1. The number of likely N-dealkylation sites (tertiary alicyclic amines) is 1. The number of nitrogens with zero attached hydrogens (tertiary/aromatic N) is 2. The maximum absolute atomic E-state index is 12.4. The van der Waals surface area contributed by atoms with Gasteiger partial charge in [-0.1, -0.05) is 36.4 Å². The van der Waals surface area contributed by atoms with E-state index in [9.17, 15) is 4.79 Å². The van der Waals surface area contributed by atoms with Gasteiger partial charge in [0.1, 0.15) is 5.60 Å². The first-order chi connectivity index (χ1) is 14.8. The van der Waals surface area contributed by atoms with Crippen LogP contribution in [0.3, 0.4) is 0 Å². The van der Waals surface area contributed by atoms with Gasteiger partial charge in [0.25, 0.3) is 0 Å². The predicted octanol–water partition coefficient (Wildman–Crippen LogP) is 3.46. The van der Waals surface area contributed by atoms with Gasteiger partial charge in [0.2, 0.25) is 0 Å². The van der Waals surface area contributed by atoms with Crippen LogP contribution in [0.1, 0.15) is 52.1 Å². The van der Waals surface area contributed by atoms with Crippen molar-refractivity contribution in [1.29, 1.82) is 0 Å². The molecule has 1 atom stereocenters. The molecule has 1 aliphatic heterocycles. The molecule has 7 heteroatoms. The quantitative estimate of drug-likeness (QED) is 0.335. The number of carbonyl (C=O) groups excluding carboxylic acids is 1. The average molecular weight is 430 g/mol. The molecule has 31 heavy (non-hydrogen) atoms. The third-order valence-electron chi connectivity index (χ3n) is 4.98. The number of nitrogens with one attached hydrogen (secondary N) is 3. The molecule has 1 amide bonds. The highest BCUT2D eigenvalue weighted by Gasteiger charge is 2.22. The van der Waals surface area contributed by atoms with E-state index in [2.05, 4.69) is 34.4 Å². The highest BCUT2D eigenvalue weighted by atomic mass is 16.6. The topological polar surface area (TPSA) is 78.0 Å². The van der Waals surface area contributed by atoms with Gasteiger partial charge in [-0.25, -0.2) is 4.79 Å². The second-order valence-corrected chi connectivity index (χ2v) is 8.84. The van der Waals surface area contributed by atoms with Crippen molar-refractivity contribution in [2.24, 2.45) is 4.99 Å². The summed E-state index contributed by atoms with van der Waals surface area (Å²) in [6, 6.07) is 9.98. The number of amides is 1. The zero-order valence-corrected chi connectivity index (χ0v) is 19.5. The van der Waals surface area contributed by atoms with Crippen LogP contribution in [-0.2, 0) is 4.74 Å². The lowest BCUT2D eigenvalue weighted by Gasteiger charge is -2.32. The summed E-state index contributed by atoms with van der Waals surface area (Å²) in [7, 11) is 0. The Bertz CT molecular complexity index is 706. The molecule has 172 valence electrons. The van der Waals surface area contributed by atoms with Crippen molar-refractivity contribution in [3.63, 3.8) is 0 Å². The van der Waals surface area contributed by atoms with Gasteiger partial charge in [-0.2, -0.15) is 0 Å². The molecule has 1 fully saturated rings. The number of rotatable bonds is 8. The van der Waals surface area contributed by atoms with Gasteiger partial charge >= 0.3 is 6.09 Å². The van der Waals surface area contributed by atoms with Crippen molar-refractivity contribution >= 4 is 12.1 Å². The molecule has 1 saturated heterocycles. The molecule has 1 aromatic carbocycles. The molecule has 0 aliphatic carbocycles. The van der Waals surface area contributed by atoms with Crippen molar-refractivity contribution < 1.29 is 9.53 Å². The minimum Gasteiger partial charge on any atom is -0.444 e. The van der Waals surface area contributed by atoms with E-state index in [1.165, 1.54) is 0 Å². The van der Waals surface area contributed by atoms with E-state index in [0.717, 1.165) is 50.5 Å². The van der Waals surface area contributed by atoms with E-state index in [-0.39, 0.29) is 6.04 Å². The maximum atomic E-state index is 12.4. The first kappa shape index (κ1) is 24.7. The van der Waals surface area contributed by atoms with Crippen LogP contribution < -0.4 is 16.0 Å². The number of carbonyl (C=O) groups is 1. The monoisotopic (exact) mass is 429 g/mol. The molecule has 3 N–H and O–H groups in total. The Kier molecular flexibility index (Phi) is 9.85. The van der Waals surface area contributed by atoms with Gasteiger partial charge in [-0.05, 0) is 46.1 Å². The van der Waals surface area contributed by atoms with Gasteiger partial charge < -0.3 is 20.7 Å². The third kappa shape index (κ3) is 9.42. The minimum atomic E-state index is -0.550. The molecule has 1 aromatic rings. The van der Waals surface area contributed by atoms with Crippen LogP contribution in [-0.4, -0.2) is 61.3 Å². The fourth-order valence-corrected chi connectivity index (χ4v) is 3.51. The first-order valence-electron chi connectivity index (χ1n) is 11.2. The van der Waals surface area contributed by atoms with Crippen molar-refractivity contribution in [1.82, 2.24) is 20.9 Å². The average Bonchev–Trinajstić information content (AvgIpc) is 2.72. The Morgan fingerprint density at radius 3 is 2.55 bits per heavy atom. The lowest BCUT2D eigenvalue weighted by Crippen LogP contribution is -2.49. The molecule has 0 bridgehead atoms. The Morgan fingerprint density at radius 2 is 1.97 bits per heavy atom. The number of hydrogen-bond acceptors (Lipinski definition) is 4. The van der Waals surface area contributed by atoms with Crippen molar-refractivity contribution in [3.05, 3.63) is 48.6 Å². The van der Waals surface area contributed by atoms with Crippen LogP contribution in [0.15, 0.2) is 48.0 Å². The van der Waals surface area contributed by atoms with Crippen LogP contribution >= 0.6 is 0 Å². The summed E-state index contributed by atoms with van der Waals surface area (Å²) >= 11 is 0. The second kappa shape index (κ2) is 12.3.